The summed E-state index contributed by atoms with van der Waals surface area (Å²) in [5.41, 5.74) is 0.834. The standard InChI is InChI=1S/C12H20N4O/c1-5-16-9-10(7-14-16)6-13-8-11(17)15-12(2,3)4/h5,7,9,13H,1,6,8H2,2-4H3,(H,15,17). The lowest BCUT2D eigenvalue weighted by molar-refractivity contribution is -0.121. The third-order valence-corrected chi connectivity index (χ3v) is 1.97. The van der Waals surface area contributed by atoms with Crippen molar-refractivity contribution >= 4 is 12.1 Å². The van der Waals surface area contributed by atoms with E-state index < -0.39 is 0 Å². The van der Waals surface area contributed by atoms with Crippen LogP contribution in [0.25, 0.3) is 6.20 Å². The number of rotatable bonds is 5. The van der Waals surface area contributed by atoms with Gasteiger partial charge in [0.25, 0.3) is 0 Å². The summed E-state index contributed by atoms with van der Waals surface area (Å²) in [6.07, 6.45) is 5.23. The maximum absolute atomic E-state index is 11.5. The molecule has 1 rings (SSSR count). The fraction of sp³-hybridized carbons (Fsp3) is 0.500. The number of nitrogens with one attached hydrogen (secondary N) is 2. The largest absolute Gasteiger partial charge is 0.350 e. The molecule has 0 aromatic carbocycles. The van der Waals surface area contributed by atoms with Crippen molar-refractivity contribution in [3.05, 3.63) is 24.5 Å². The van der Waals surface area contributed by atoms with E-state index in [1.807, 2.05) is 27.0 Å². The van der Waals surface area contributed by atoms with Gasteiger partial charge in [-0.2, -0.15) is 5.10 Å². The summed E-state index contributed by atoms with van der Waals surface area (Å²) in [6.45, 7) is 10.4. The molecule has 2 N–H and O–H groups in total. The Morgan fingerprint density at radius 2 is 2.29 bits per heavy atom. The zero-order valence-corrected chi connectivity index (χ0v) is 10.7. The molecule has 0 aliphatic carbocycles. The highest BCUT2D eigenvalue weighted by Gasteiger charge is 2.12. The third-order valence-electron chi connectivity index (χ3n) is 1.97. The van der Waals surface area contributed by atoms with Gasteiger partial charge in [-0.3, -0.25) is 4.79 Å². The van der Waals surface area contributed by atoms with Gasteiger partial charge in [0.15, 0.2) is 0 Å². The molecule has 0 spiro atoms. The van der Waals surface area contributed by atoms with Crippen molar-refractivity contribution in [2.24, 2.45) is 0 Å². The Bertz CT molecular complexity index is 389. The Hall–Kier alpha value is -1.62. The molecule has 0 saturated carbocycles. The Labute approximate surface area is 102 Å². The van der Waals surface area contributed by atoms with Crippen molar-refractivity contribution in [2.75, 3.05) is 6.54 Å². The predicted molar refractivity (Wildman–Crippen MR) is 68.2 cm³/mol. The summed E-state index contributed by atoms with van der Waals surface area (Å²) in [5, 5.41) is 10.00. The second-order valence-corrected chi connectivity index (χ2v) is 4.91. The van der Waals surface area contributed by atoms with Crippen LogP contribution < -0.4 is 10.6 Å². The number of amides is 1. The average molecular weight is 236 g/mol. The molecule has 17 heavy (non-hydrogen) atoms. The minimum atomic E-state index is -0.188. The van der Waals surface area contributed by atoms with E-state index >= 15 is 0 Å². The SMILES string of the molecule is C=Cn1cc(CNCC(=O)NC(C)(C)C)cn1. The predicted octanol–water partition coefficient (Wildman–Crippen LogP) is 0.988. The third kappa shape index (κ3) is 5.31. The topological polar surface area (TPSA) is 59.0 Å². The lowest BCUT2D eigenvalue weighted by Crippen LogP contribution is -2.44. The van der Waals surface area contributed by atoms with E-state index in [-0.39, 0.29) is 11.4 Å². The van der Waals surface area contributed by atoms with Gasteiger partial charge in [-0.25, -0.2) is 4.68 Å². The highest BCUT2D eigenvalue weighted by Crippen LogP contribution is 1.98. The van der Waals surface area contributed by atoms with E-state index in [1.54, 1.807) is 17.1 Å². The molecule has 94 valence electrons. The van der Waals surface area contributed by atoms with E-state index in [4.69, 9.17) is 0 Å². The van der Waals surface area contributed by atoms with Crippen LogP contribution >= 0.6 is 0 Å². The fourth-order valence-electron chi connectivity index (χ4n) is 1.35. The Morgan fingerprint density at radius 3 is 2.82 bits per heavy atom. The van der Waals surface area contributed by atoms with Gasteiger partial charge in [-0.1, -0.05) is 6.58 Å². The summed E-state index contributed by atoms with van der Waals surface area (Å²) >= 11 is 0. The molecule has 0 saturated heterocycles. The van der Waals surface area contributed by atoms with Crippen molar-refractivity contribution < 1.29 is 4.79 Å². The first-order chi connectivity index (χ1) is 7.90. The summed E-state index contributed by atoms with van der Waals surface area (Å²) in [5.74, 6) is -0.00591. The summed E-state index contributed by atoms with van der Waals surface area (Å²) < 4.78 is 1.63. The molecular weight excluding hydrogens is 216 g/mol. The van der Waals surface area contributed by atoms with Gasteiger partial charge in [0.1, 0.15) is 0 Å². The second-order valence-electron chi connectivity index (χ2n) is 4.91. The lowest BCUT2D eigenvalue weighted by Gasteiger charge is -2.20. The van der Waals surface area contributed by atoms with Crippen molar-refractivity contribution in [1.29, 1.82) is 0 Å². The average Bonchev–Trinajstić information content (AvgIpc) is 2.63. The summed E-state index contributed by atoms with van der Waals surface area (Å²) in [4.78, 5) is 11.5. The van der Waals surface area contributed by atoms with Gasteiger partial charge in [0, 0.05) is 30.0 Å². The van der Waals surface area contributed by atoms with Crippen LogP contribution in [0, 0.1) is 0 Å². The van der Waals surface area contributed by atoms with E-state index in [2.05, 4.69) is 22.3 Å². The Morgan fingerprint density at radius 1 is 1.59 bits per heavy atom. The van der Waals surface area contributed by atoms with Gasteiger partial charge >= 0.3 is 0 Å². The van der Waals surface area contributed by atoms with Crippen LogP contribution in [-0.4, -0.2) is 27.8 Å². The van der Waals surface area contributed by atoms with Gasteiger partial charge in [-0.15, -0.1) is 0 Å². The minimum Gasteiger partial charge on any atom is -0.350 e. The lowest BCUT2D eigenvalue weighted by atomic mass is 10.1. The number of carbonyl (C=O) groups excluding carboxylic acids is 1. The molecule has 1 heterocycles. The molecule has 0 atom stereocenters. The van der Waals surface area contributed by atoms with Crippen LogP contribution in [0.5, 0.6) is 0 Å². The molecule has 1 aromatic heterocycles. The number of hydrogen-bond donors (Lipinski definition) is 2. The number of carbonyl (C=O) groups is 1. The van der Waals surface area contributed by atoms with E-state index in [9.17, 15) is 4.79 Å². The van der Waals surface area contributed by atoms with Gasteiger partial charge in [-0.05, 0) is 20.8 Å². The maximum Gasteiger partial charge on any atom is 0.234 e. The first-order valence-corrected chi connectivity index (χ1v) is 5.58. The molecule has 0 fully saturated rings. The summed E-state index contributed by atoms with van der Waals surface area (Å²) in [6, 6.07) is 0. The van der Waals surface area contributed by atoms with Crippen LogP contribution in [0.2, 0.25) is 0 Å². The molecule has 1 aromatic rings. The van der Waals surface area contributed by atoms with Crippen LogP contribution in [0.15, 0.2) is 19.0 Å². The van der Waals surface area contributed by atoms with Gasteiger partial charge < -0.3 is 10.6 Å². The highest BCUT2D eigenvalue weighted by atomic mass is 16.2. The van der Waals surface area contributed by atoms with Crippen molar-refractivity contribution in [2.45, 2.75) is 32.9 Å². The molecule has 1 amide bonds. The smallest absolute Gasteiger partial charge is 0.234 e. The molecule has 0 unspecified atom stereocenters. The van der Waals surface area contributed by atoms with Crippen LogP contribution in [-0.2, 0) is 11.3 Å². The summed E-state index contributed by atoms with van der Waals surface area (Å²) in [7, 11) is 0. The number of hydrogen-bond acceptors (Lipinski definition) is 3. The van der Waals surface area contributed by atoms with Gasteiger partial charge in [0.05, 0.1) is 12.7 Å². The zero-order chi connectivity index (χ0) is 12.9. The highest BCUT2D eigenvalue weighted by molar-refractivity contribution is 5.78. The van der Waals surface area contributed by atoms with E-state index in [1.165, 1.54) is 0 Å². The zero-order valence-electron chi connectivity index (χ0n) is 10.7. The number of nitrogens with zero attached hydrogens (tertiary/aromatic N) is 2. The molecule has 5 nitrogen and oxygen atoms in total. The monoisotopic (exact) mass is 236 g/mol. The van der Waals surface area contributed by atoms with E-state index in [0.29, 0.717) is 13.1 Å². The molecule has 0 bridgehead atoms. The molecular formula is C12H20N4O. The Kier molecular flexibility index (Phi) is 4.45. The van der Waals surface area contributed by atoms with Crippen molar-refractivity contribution in [1.82, 2.24) is 20.4 Å². The van der Waals surface area contributed by atoms with Crippen molar-refractivity contribution in [3.63, 3.8) is 0 Å². The van der Waals surface area contributed by atoms with Crippen LogP contribution in [0.1, 0.15) is 26.3 Å². The maximum atomic E-state index is 11.5. The molecule has 0 aliphatic heterocycles. The first-order valence-electron chi connectivity index (χ1n) is 5.58. The second kappa shape index (κ2) is 5.63. The molecule has 5 heteroatoms. The fourth-order valence-corrected chi connectivity index (χ4v) is 1.35. The molecule has 0 aliphatic rings. The van der Waals surface area contributed by atoms with Crippen molar-refractivity contribution in [3.8, 4) is 0 Å². The Balaban J connectivity index is 2.28. The first kappa shape index (κ1) is 13.4. The van der Waals surface area contributed by atoms with E-state index in [0.717, 1.165) is 5.56 Å². The van der Waals surface area contributed by atoms with Crippen LogP contribution in [0.3, 0.4) is 0 Å². The quantitative estimate of drug-likeness (QED) is 0.801. The van der Waals surface area contributed by atoms with Gasteiger partial charge in [0.2, 0.25) is 5.91 Å². The number of aromatic nitrogens is 2. The normalized spacial score (nSPS) is 11.2. The van der Waals surface area contributed by atoms with Crippen LogP contribution in [0.4, 0.5) is 0 Å². The minimum absolute atomic E-state index is 0.00591. The molecule has 0 radical (unpaired) electrons.